The molecule has 0 aliphatic heterocycles. The van der Waals surface area contributed by atoms with Crippen LogP contribution < -0.4 is 22.9 Å². The topological polar surface area (TPSA) is 104 Å². The van der Waals surface area contributed by atoms with Crippen LogP contribution in [0.15, 0.2) is 0 Å². The molecule has 0 saturated carbocycles. The highest BCUT2D eigenvalue weighted by Gasteiger charge is 2.24. The fourth-order valence-corrected chi connectivity index (χ4v) is 2.56. The Kier molecular flexibility index (Phi) is 11.4. The highest BCUT2D eigenvalue weighted by atomic mass is 14.7. The van der Waals surface area contributed by atoms with Crippen LogP contribution in [0, 0.1) is 0 Å². The second-order valence-electron chi connectivity index (χ2n) is 6.70. The first-order valence-electron chi connectivity index (χ1n) is 8.40. The summed E-state index contributed by atoms with van der Waals surface area (Å²) >= 11 is 0. The van der Waals surface area contributed by atoms with Crippen LogP contribution in [0.2, 0.25) is 0 Å². The number of rotatable bonds is 13. The van der Waals surface area contributed by atoms with Gasteiger partial charge in [0.15, 0.2) is 0 Å². The van der Waals surface area contributed by atoms with E-state index in [-0.39, 0.29) is 17.6 Å². The van der Waals surface area contributed by atoms with Gasteiger partial charge in [0, 0.05) is 17.6 Å². The molecule has 0 fully saturated rings. The van der Waals surface area contributed by atoms with E-state index in [1.165, 1.54) is 25.7 Å². The molecule has 0 aromatic rings. The standard InChI is InChI=1S/C16H38N4/c1-14(18)8-11-16(20,12-9-15(2)19)10-6-4-3-5-7-13-17/h14-15H,3-13,17-20H2,1-2H3. The lowest BCUT2D eigenvalue weighted by atomic mass is 9.82. The van der Waals surface area contributed by atoms with E-state index in [1.54, 1.807) is 0 Å². The first kappa shape index (κ1) is 19.8. The Morgan fingerprint density at radius 1 is 0.750 bits per heavy atom. The maximum atomic E-state index is 6.60. The SMILES string of the molecule is CC(N)CCC(N)(CCCCCCCN)CCC(C)N. The lowest BCUT2D eigenvalue weighted by Crippen LogP contribution is -2.42. The Morgan fingerprint density at radius 2 is 1.20 bits per heavy atom. The quantitative estimate of drug-likeness (QED) is 0.390. The van der Waals surface area contributed by atoms with Crippen molar-refractivity contribution in [1.29, 1.82) is 0 Å². The third kappa shape index (κ3) is 11.6. The Labute approximate surface area is 126 Å². The number of unbranched alkanes of at least 4 members (excludes halogenated alkanes) is 4. The van der Waals surface area contributed by atoms with Gasteiger partial charge in [-0.2, -0.15) is 0 Å². The first-order chi connectivity index (χ1) is 9.39. The summed E-state index contributed by atoms with van der Waals surface area (Å²) in [5.41, 5.74) is 23.8. The van der Waals surface area contributed by atoms with Crippen LogP contribution >= 0.6 is 0 Å². The number of hydrogen-bond donors (Lipinski definition) is 4. The van der Waals surface area contributed by atoms with Crippen molar-refractivity contribution in [3.8, 4) is 0 Å². The molecule has 4 nitrogen and oxygen atoms in total. The van der Waals surface area contributed by atoms with Crippen molar-refractivity contribution < 1.29 is 0 Å². The molecule has 0 aromatic carbocycles. The summed E-state index contributed by atoms with van der Waals surface area (Å²) in [6.07, 6.45) is 11.2. The normalized spacial score (nSPS) is 17.7. The van der Waals surface area contributed by atoms with E-state index in [4.69, 9.17) is 22.9 Å². The molecule has 0 aliphatic carbocycles. The molecular weight excluding hydrogens is 248 g/mol. The third-order valence-electron chi connectivity index (χ3n) is 4.07. The molecule has 122 valence electrons. The summed E-state index contributed by atoms with van der Waals surface area (Å²) in [7, 11) is 0. The summed E-state index contributed by atoms with van der Waals surface area (Å²) in [4.78, 5) is 0. The van der Waals surface area contributed by atoms with E-state index in [2.05, 4.69) is 13.8 Å². The zero-order valence-electron chi connectivity index (χ0n) is 13.7. The Balaban J connectivity index is 4.02. The van der Waals surface area contributed by atoms with Crippen LogP contribution in [0.1, 0.15) is 78.1 Å². The van der Waals surface area contributed by atoms with Gasteiger partial charge in [-0.05, 0) is 58.9 Å². The van der Waals surface area contributed by atoms with E-state index < -0.39 is 0 Å². The molecule has 2 unspecified atom stereocenters. The molecule has 0 rings (SSSR count). The minimum Gasteiger partial charge on any atom is -0.330 e. The molecule has 0 bridgehead atoms. The summed E-state index contributed by atoms with van der Waals surface area (Å²) in [5, 5.41) is 0. The Morgan fingerprint density at radius 3 is 1.65 bits per heavy atom. The first-order valence-corrected chi connectivity index (χ1v) is 8.40. The number of nitrogens with two attached hydrogens (primary N) is 4. The minimum absolute atomic E-state index is 0.0743. The minimum atomic E-state index is -0.0743. The largest absolute Gasteiger partial charge is 0.330 e. The molecule has 0 amide bonds. The van der Waals surface area contributed by atoms with Gasteiger partial charge in [-0.15, -0.1) is 0 Å². The molecule has 4 heteroatoms. The van der Waals surface area contributed by atoms with Gasteiger partial charge in [-0.1, -0.05) is 25.7 Å². The van der Waals surface area contributed by atoms with Crippen LogP contribution in [-0.4, -0.2) is 24.2 Å². The van der Waals surface area contributed by atoms with Crippen molar-refractivity contribution in [2.75, 3.05) is 6.54 Å². The predicted molar refractivity (Wildman–Crippen MR) is 89.4 cm³/mol. The molecule has 0 heterocycles. The zero-order chi connectivity index (χ0) is 15.4. The highest BCUT2D eigenvalue weighted by Crippen LogP contribution is 2.25. The molecule has 0 spiro atoms. The van der Waals surface area contributed by atoms with Crippen molar-refractivity contribution in [2.45, 2.75) is 95.7 Å². The highest BCUT2D eigenvalue weighted by molar-refractivity contribution is 4.86. The van der Waals surface area contributed by atoms with Gasteiger partial charge in [0.1, 0.15) is 0 Å². The van der Waals surface area contributed by atoms with E-state index >= 15 is 0 Å². The zero-order valence-corrected chi connectivity index (χ0v) is 13.7. The molecule has 8 N–H and O–H groups in total. The predicted octanol–water partition coefficient (Wildman–Crippen LogP) is 2.24. The van der Waals surface area contributed by atoms with Crippen LogP contribution in [0.3, 0.4) is 0 Å². The lowest BCUT2D eigenvalue weighted by molar-refractivity contribution is 0.298. The van der Waals surface area contributed by atoms with Crippen molar-refractivity contribution in [1.82, 2.24) is 0 Å². The molecule has 0 aromatic heterocycles. The Hall–Kier alpha value is -0.160. The molecular formula is C16H38N4. The van der Waals surface area contributed by atoms with E-state index in [9.17, 15) is 0 Å². The van der Waals surface area contributed by atoms with Gasteiger partial charge < -0.3 is 22.9 Å². The van der Waals surface area contributed by atoms with Gasteiger partial charge in [0.25, 0.3) is 0 Å². The van der Waals surface area contributed by atoms with Crippen LogP contribution in [0.25, 0.3) is 0 Å². The lowest BCUT2D eigenvalue weighted by Gasteiger charge is -2.31. The smallest absolute Gasteiger partial charge is 0.0155 e. The molecule has 20 heavy (non-hydrogen) atoms. The Bertz CT molecular complexity index is 205. The van der Waals surface area contributed by atoms with Crippen molar-refractivity contribution in [3.05, 3.63) is 0 Å². The summed E-state index contributed by atoms with van der Waals surface area (Å²) in [6, 6.07) is 0.468. The van der Waals surface area contributed by atoms with Crippen LogP contribution in [0.5, 0.6) is 0 Å². The number of hydrogen-bond acceptors (Lipinski definition) is 4. The fourth-order valence-electron chi connectivity index (χ4n) is 2.56. The van der Waals surface area contributed by atoms with Crippen molar-refractivity contribution in [2.24, 2.45) is 22.9 Å². The monoisotopic (exact) mass is 286 g/mol. The van der Waals surface area contributed by atoms with Crippen molar-refractivity contribution >= 4 is 0 Å². The van der Waals surface area contributed by atoms with Gasteiger partial charge in [-0.25, -0.2) is 0 Å². The maximum absolute atomic E-state index is 6.60. The average molecular weight is 287 g/mol. The molecule has 2 atom stereocenters. The van der Waals surface area contributed by atoms with E-state index in [0.717, 1.165) is 45.1 Å². The maximum Gasteiger partial charge on any atom is 0.0155 e. The van der Waals surface area contributed by atoms with E-state index in [0.29, 0.717) is 0 Å². The summed E-state index contributed by atoms with van der Waals surface area (Å²) in [6.45, 7) is 4.92. The van der Waals surface area contributed by atoms with Gasteiger partial charge in [0.05, 0.1) is 0 Å². The molecule has 0 aliphatic rings. The van der Waals surface area contributed by atoms with Crippen molar-refractivity contribution in [3.63, 3.8) is 0 Å². The van der Waals surface area contributed by atoms with Gasteiger partial charge in [0.2, 0.25) is 0 Å². The molecule has 0 radical (unpaired) electrons. The van der Waals surface area contributed by atoms with E-state index in [1.807, 2.05) is 0 Å². The third-order valence-corrected chi connectivity index (χ3v) is 4.07. The summed E-state index contributed by atoms with van der Waals surface area (Å²) in [5.74, 6) is 0. The van der Waals surface area contributed by atoms with Crippen LogP contribution in [0.4, 0.5) is 0 Å². The molecule has 0 saturated heterocycles. The second-order valence-corrected chi connectivity index (χ2v) is 6.70. The van der Waals surface area contributed by atoms with Crippen LogP contribution in [-0.2, 0) is 0 Å². The fraction of sp³-hybridized carbons (Fsp3) is 1.00. The average Bonchev–Trinajstić information content (AvgIpc) is 2.38. The second kappa shape index (κ2) is 11.5. The van der Waals surface area contributed by atoms with Gasteiger partial charge in [-0.3, -0.25) is 0 Å². The van der Waals surface area contributed by atoms with Gasteiger partial charge >= 0.3 is 0 Å². The summed E-state index contributed by atoms with van der Waals surface area (Å²) < 4.78 is 0.